The number of benzene rings is 4. The van der Waals surface area contributed by atoms with Crippen LogP contribution in [0.2, 0.25) is 0 Å². The molecule has 0 bridgehead atoms. The zero-order chi connectivity index (χ0) is 20.9. The quantitative estimate of drug-likeness (QED) is 0.153. The molecule has 0 saturated heterocycles. The molecule has 174 valence electrons. The van der Waals surface area contributed by atoms with Crippen LogP contribution in [0, 0.1) is 6.08 Å². The summed E-state index contributed by atoms with van der Waals surface area (Å²) in [6.45, 7) is 0. The third kappa shape index (κ3) is 6.20. The Balaban J connectivity index is 0.00000153. The van der Waals surface area contributed by atoms with Crippen LogP contribution >= 0.6 is 0 Å². The Labute approximate surface area is 242 Å². The van der Waals surface area contributed by atoms with E-state index in [1.165, 1.54) is 33.4 Å². The van der Waals surface area contributed by atoms with Gasteiger partial charge in [-0.25, -0.2) is 5.57 Å². The fraction of sp³-hybridized carbons (Fsp3) is 0.0968. The van der Waals surface area contributed by atoms with Crippen molar-refractivity contribution in [2.24, 2.45) is 0 Å². The van der Waals surface area contributed by atoms with Gasteiger partial charge in [-0.3, -0.25) is 6.08 Å². The Morgan fingerprint density at radius 3 is 1.31 bits per heavy atom. The molecule has 0 nitrogen and oxygen atoms in total. The third-order valence-corrected chi connectivity index (χ3v) is 6.19. The summed E-state index contributed by atoms with van der Waals surface area (Å²) >= 11 is 0. The molecule has 0 N–H and O–H groups in total. The second-order valence-electron chi connectivity index (χ2n) is 7.99. The number of halogens is 3. The molecule has 0 aromatic heterocycles. The largest absolute Gasteiger partial charge is 4.00 e. The van der Waals surface area contributed by atoms with Crippen LogP contribution in [0.25, 0.3) is 0 Å². The van der Waals surface area contributed by atoms with E-state index in [1.54, 1.807) is 0 Å². The van der Waals surface area contributed by atoms with Gasteiger partial charge in [0.1, 0.15) is 0 Å². The average Bonchev–Trinajstić information content (AvgIpc) is 3.31. The van der Waals surface area contributed by atoms with Gasteiger partial charge in [-0.1, -0.05) is 121 Å². The van der Waals surface area contributed by atoms with Crippen molar-refractivity contribution < 1.29 is 58.9 Å². The van der Waals surface area contributed by atoms with Crippen LogP contribution in [-0.4, -0.2) is 0 Å². The van der Waals surface area contributed by atoms with E-state index in [-0.39, 0.29) is 64.4 Å². The zero-order valence-electron chi connectivity index (χ0n) is 19.2. The van der Waals surface area contributed by atoms with E-state index in [0.717, 1.165) is 12.8 Å². The van der Waals surface area contributed by atoms with Gasteiger partial charge in [-0.05, 0) is 28.7 Å². The normalized spacial score (nSPS) is 12.0. The number of allylic oxidation sites excluding steroid dienone is 4. The summed E-state index contributed by atoms with van der Waals surface area (Å²) in [5, 5.41) is 0. The van der Waals surface area contributed by atoms with Crippen LogP contribution in [0.5, 0.6) is 0 Å². The fourth-order valence-corrected chi connectivity index (χ4v) is 4.86. The predicted octanol–water partition coefficient (Wildman–Crippen LogP) is -1.67. The van der Waals surface area contributed by atoms with Crippen molar-refractivity contribution in [3.63, 3.8) is 0 Å². The Hall–Kier alpha value is -2.06. The number of hydrogen-bond acceptors (Lipinski definition) is 0. The fourth-order valence-electron chi connectivity index (χ4n) is 4.86. The van der Waals surface area contributed by atoms with E-state index < -0.39 is 0 Å². The smallest absolute Gasteiger partial charge is 1.00 e. The molecule has 0 radical (unpaired) electrons. The van der Waals surface area contributed by atoms with Gasteiger partial charge in [0.15, 0.2) is 0 Å². The van der Waals surface area contributed by atoms with Gasteiger partial charge < -0.3 is 37.2 Å². The Bertz CT molecular complexity index is 1110. The van der Waals surface area contributed by atoms with Crippen molar-refractivity contribution in [2.75, 3.05) is 0 Å². The Kier molecular flexibility index (Phi) is 12.8. The van der Waals surface area contributed by atoms with Crippen LogP contribution in [0.1, 0.15) is 28.7 Å². The summed E-state index contributed by atoms with van der Waals surface area (Å²) in [6, 6.07) is 43.5. The van der Waals surface area contributed by atoms with Crippen LogP contribution < -0.4 is 37.2 Å². The first-order chi connectivity index (χ1) is 15.4. The molecule has 35 heavy (non-hydrogen) atoms. The SMILES string of the molecule is [C-]1=C(Cc2ccccc2)C(C(c2ccccc2)(c2ccccc2)c2ccccc2)=CC1.[Cl-].[Cl-].[Cl-].[Ti+4]. The van der Waals surface area contributed by atoms with Gasteiger partial charge in [0, 0.05) is 5.41 Å². The van der Waals surface area contributed by atoms with Gasteiger partial charge in [-0.15, -0.1) is 6.42 Å². The van der Waals surface area contributed by atoms with Crippen molar-refractivity contribution in [3.05, 3.63) is 167 Å². The molecule has 0 saturated carbocycles. The van der Waals surface area contributed by atoms with Gasteiger partial charge in [0.25, 0.3) is 0 Å². The van der Waals surface area contributed by atoms with E-state index in [9.17, 15) is 0 Å². The minimum absolute atomic E-state index is 0. The number of hydrogen-bond donors (Lipinski definition) is 0. The van der Waals surface area contributed by atoms with Gasteiger partial charge in [-0.2, -0.15) is 11.6 Å². The summed E-state index contributed by atoms with van der Waals surface area (Å²) < 4.78 is 0. The maximum Gasteiger partial charge on any atom is 4.00 e. The average molecular weight is 552 g/mol. The molecule has 0 unspecified atom stereocenters. The molecule has 0 fully saturated rings. The maximum absolute atomic E-state index is 3.69. The molecular weight excluding hydrogens is 527 g/mol. The molecule has 0 amide bonds. The zero-order valence-corrected chi connectivity index (χ0v) is 23.0. The topological polar surface area (TPSA) is 0 Å². The monoisotopic (exact) mass is 550 g/mol. The maximum atomic E-state index is 3.69. The van der Waals surface area contributed by atoms with Crippen LogP contribution in [0.15, 0.2) is 139 Å². The van der Waals surface area contributed by atoms with Gasteiger partial charge >= 0.3 is 21.7 Å². The molecule has 4 aromatic carbocycles. The number of rotatable bonds is 6. The second-order valence-corrected chi connectivity index (χ2v) is 7.99. The summed E-state index contributed by atoms with van der Waals surface area (Å²) in [5.74, 6) is 0. The van der Waals surface area contributed by atoms with E-state index in [2.05, 4.69) is 133 Å². The van der Waals surface area contributed by atoms with Crippen LogP contribution in [0.4, 0.5) is 0 Å². The van der Waals surface area contributed by atoms with Gasteiger partial charge in [0.05, 0.1) is 0 Å². The second kappa shape index (κ2) is 14.5. The third-order valence-electron chi connectivity index (χ3n) is 6.19. The first kappa shape index (κ1) is 31.0. The van der Waals surface area contributed by atoms with E-state index in [1.807, 2.05) is 0 Å². The molecule has 0 atom stereocenters. The summed E-state index contributed by atoms with van der Waals surface area (Å²) in [5.41, 5.74) is 7.44. The molecule has 0 aliphatic heterocycles. The van der Waals surface area contributed by atoms with E-state index >= 15 is 0 Å². The molecule has 5 rings (SSSR count). The van der Waals surface area contributed by atoms with Gasteiger partial charge in [0.2, 0.25) is 0 Å². The molecule has 0 heterocycles. The van der Waals surface area contributed by atoms with Crippen LogP contribution in [0.3, 0.4) is 0 Å². The summed E-state index contributed by atoms with van der Waals surface area (Å²) in [4.78, 5) is 0. The van der Waals surface area contributed by atoms with Crippen molar-refractivity contribution in [2.45, 2.75) is 18.3 Å². The first-order valence-corrected chi connectivity index (χ1v) is 10.9. The standard InChI is InChI=1S/C31H25.3ClH.Ti/c1-5-14-25(15-6-1)24-26-16-13-23-30(26)31(27-17-7-2-8-18-27,28-19-9-3-10-20-28)29-21-11-4-12-22-29;;;;/h1-12,14-15,17-23H,13,24H2;3*1H;/q-1;;;;+4/p-3. The van der Waals surface area contributed by atoms with Crippen molar-refractivity contribution in [1.29, 1.82) is 0 Å². The Morgan fingerprint density at radius 2 is 0.914 bits per heavy atom. The Morgan fingerprint density at radius 1 is 0.543 bits per heavy atom. The molecule has 4 aromatic rings. The molecular formula is C31H25Cl3Ti. The predicted molar refractivity (Wildman–Crippen MR) is 129 cm³/mol. The van der Waals surface area contributed by atoms with Crippen molar-refractivity contribution >= 4 is 0 Å². The molecule has 4 heteroatoms. The summed E-state index contributed by atoms with van der Waals surface area (Å²) in [7, 11) is 0. The minimum Gasteiger partial charge on any atom is -1.00 e. The van der Waals surface area contributed by atoms with Crippen molar-refractivity contribution in [3.8, 4) is 0 Å². The van der Waals surface area contributed by atoms with Crippen molar-refractivity contribution in [1.82, 2.24) is 0 Å². The minimum atomic E-state index is -0.378. The van der Waals surface area contributed by atoms with E-state index in [0.29, 0.717) is 0 Å². The molecule has 1 aliphatic rings. The molecule has 0 spiro atoms. The van der Waals surface area contributed by atoms with Crippen LogP contribution in [-0.2, 0) is 33.6 Å². The summed E-state index contributed by atoms with van der Waals surface area (Å²) in [6.07, 6.45) is 7.82. The van der Waals surface area contributed by atoms with E-state index in [4.69, 9.17) is 0 Å². The molecule has 1 aliphatic carbocycles. The first-order valence-electron chi connectivity index (χ1n) is 10.9.